The molecule has 0 atom stereocenters. The number of carbonyl (C=O) groups is 1. The van der Waals surface area contributed by atoms with E-state index < -0.39 is 10.0 Å². The quantitative estimate of drug-likeness (QED) is 0.578. The molecular weight excluding hydrogens is 448 g/mol. The van der Waals surface area contributed by atoms with Crippen LogP contribution in [-0.2, 0) is 16.6 Å². The summed E-state index contributed by atoms with van der Waals surface area (Å²) in [5, 5.41) is 13.8. The van der Waals surface area contributed by atoms with Gasteiger partial charge < -0.3 is 19.3 Å². The summed E-state index contributed by atoms with van der Waals surface area (Å²) in [6.45, 7) is 4.40. The molecule has 0 unspecified atom stereocenters. The Bertz CT molecular complexity index is 1250. The minimum Gasteiger partial charge on any atom is -0.507 e. The van der Waals surface area contributed by atoms with Crippen LogP contribution in [-0.4, -0.2) is 65.0 Å². The molecule has 0 spiro atoms. The van der Waals surface area contributed by atoms with E-state index in [0.29, 0.717) is 23.0 Å². The number of nitrogens with zero attached hydrogens (tertiary/aromatic N) is 4. The number of benzene rings is 2. The van der Waals surface area contributed by atoms with Crippen LogP contribution in [0.4, 0.5) is 0 Å². The number of phenols is 1. The summed E-state index contributed by atoms with van der Waals surface area (Å²) >= 11 is 0. The second-order valence-corrected chi connectivity index (χ2v) is 9.62. The van der Waals surface area contributed by atoms with E-state index in [4.69, 9.17) is 9.26 Å². The lowest BCUT2D eigenvalue weighted by molar-refractivity contribution is 0.0697. The number of aromatic hydroxyl groups is 1. The lowest BCUT2D eigenvalue weighted by Crippen LogP contribution is -2.50. The number of hydrogen-bond donors (Lipinski definition) is 1. The highest BCUT2D eigenvalue weighted by atomic mass is 32.2. The average molecular weight is 473 g/mol. The van der Waals surface area contributed by atoms with Gasteiger partial charge in [0.1, 0.15) is 16.4 Å². The summed E-state index contributed by atoms with van der Waals surface area (Å²) in [6.07, 6.45) is 0. The molecule has 174 valence electrons. The third kappa shape index (κ3) is 4.99. The van der Waals surface area contributed by atoms with E-state index in [1.165, 1.54) is 16.4 Å². The van der Waals surface area contributed by atoms with Crippen LogP contribution in [0.3, 0.4) is 0 Å². The van der Waals surface area contributed by atoms with E-state index in [1.807, 2.05) is 0 Å². The van der Waals surface area contributed by atoms with Crippen LogP contribution in [0.5, 0.6) is 11.5 Å². The molecule has 0 saturated carbocycles. The van der Waals surface area contributed by atoms with Gasteiger partial charge in [0.2, 0.25) is 21.7 Å². The maximum Gasteiger partial charge on any atom is 0.253 e. The second kappa shape index (κ2) is 9.20. The number of ether oxygens (including phenoxy) is 1. The number of aromatic nitrogens is 2. The standard InChI is InChI=1S/C22H24N4O6S/c1-15-3-8-19(27)20(13-15)33(29,30)26-11-9-25(10-12-26)22(28)17-4-6-18(7-5-17)31-14-21-23-16(2)32-24-21/h3-8,13,27H,9-12,14H2,1-2H3. The zero-order valence-electron chi connectivity index (χ0n) is 18.3. The highest BCUT2D eigenvalue weighted by Crippen LogP contribution is 2.27. The van der Waals surface area contributed by atoms with Crippen LogP contribution < -0.4 is 4.74 Å². The first-order valence-corrected chi connectivity index (χ1v) is 11.8. The van der Waals surface area contributed by atoms with Crippen molar-refractivity contribution < 1.29 is 27.6 Å². The Labute approximate surface area is 191 Å². The van der Waals surface area contributed by atoms with E-state index in [-0.39, 0.29) is 49.3 Å². The Morgan fingerprint density at radius 2 is 1.79 bits per heavy atom. The van der Waals surface area contributed by atoms with Gasteiger partial charge in [-0.1, -0.05) is 11.2 Å². The Morgan fingerprint density at radius 1 is 1.09 bits per heavy atom. The Kier molecular flexibility index (Phi) is 6.34. The van der Waals surface area contributed by atoms with Crippen molar-refractivity contribution in [3.8, 4) is 11.5 Å². The first kappa shape index (κ1) is 22.7. The molecule has 1 amide bonds. The van der Waals surface area contributed by atoms with Gasteiger partial charge in [0, 0.05) is 38.7 Å². The number of rotatable bonds is 6. The van der Waals surface area contributed by atoms with Gasteiger partial charge in [-0.25, -0.2) is 8.42 Å². The van der Waals surface area contributed by atoms with Crippen LogP contribution >= 0.6 is 0 Å². The fourth-order valence-corrected chi connectivity index (χ4v) is 5.11. The lowest BCUT2D eigenvalue weighted by atomic mass is 10.2. The summed E-state index contributed by atoms with van der Waals surface area (Å²) in [7, 11) is -3.85. The van der Waals surface area contributed by atoms with Gasteiger partial charge in [0.05, 0.1) is 0 Å². The predicted octanol–water partition coefficient (Wildman–Crippen LogP) is 2.12. The van der Waals surface area contributed by atoms with E-state index in [2.05, 4.69) is 10.1 Å². The van der Waals surface area contributed by atoms with Crippen molar-refractivity contribution in [2.45, 2.75) is 25.3 Å². The number of hydrogen-bond acceptors (Lipinski definition) is 8. The van der Waals surface area contributed by atoms with Crippen molar-refractivity contribution in [1.29, 1.82) is 0 Å². The average Bonchev–Trinajstić information content (AvgIpc) is 3.24. The van der Waals surface area contributed by atoms with Gasteiger partial charge in [0.25, 0.3) is 5.91 Å². The SMILES string of the molecule is Cc1ccc(O)c(S(=O)(=O)N2CCN(C(=O)c3ccc(OCc4noc(C)n4)cc3)CC2)c1. The first-order chi connectivity index (χ1) is 15.7. The zero-order valence-corrected chi connectivity index (χ0v) is 19.1. The normalized spacial score (nSPS) is 14.9. The molecule has 2 heterocycles. The fourth-order valence-electron chi connectivity index (χ4n) is 3.52. The molecule has 1 N–H and O–H groups in total. The Balaban J connectivity index is 1.35. The van der Waals surface area contributed by atoms with Crippen LogP contribution in [0.2, 0.25) is 0 Å². The molecule has 3 aromatic rings. The Morgan fingerprint density at radius 3 is 2.42 bits per heavy atom. The topological polar surface area (TPSA) is 126 Å². The summed E-state index contributed by atoms with van der Waals surface area (Å²) in [6, 6.07) is 11.2. The molecule has 33 heavy (non-hydrogen) atoms. The first-order valence-electron chi connectivity index (χ1n) is 10.3. The highest BCUT2D eigenvalue weighted by Gasteiger charge is 2.32. The number of amides is 1. The van der Waals surface area contributed by atoms with Crippen LogP contribution in [0.15, 0.2) is 51.9 Å². The minimum absolute atomic E-state index is 0.117. The molecule has 10 nitrogen and oxygen atoms in total. The predicted molar refractivity (Wildman–Crippen MR) is 117 cm³/mol. The maximum absolute atomic E-state index is 12.9. The largest absolute Gasteiger partial charge is 0.507 e. The molecule has 4 rings (SSSR count). The molecule has 1 aromatic heterocycles. The fraction of sp³-hybridized carbons (Fsp3) is 0.318. The van der Waals surface area contributed by atoms with Gasteiger partial charge >= 0.3 is 0 Å². The van der Waals surface area contributed by atoms with Gasteiger partial charge in [-0.3, -0.25) is 4.79 Å². The van der Waals surface area contributed by atoms with Crippen LogP contribution in [0.1, 0.15) is 27.6 Å². The maximum atomic E-state index is 12.9. The van der Waals surface area contributed by atoms with Crippen LogP contribution in [0, 0.1) is 13.8 Å². The van der Waals surface area contributed by atoms with Crippen molar-refractivity contribution in [3.05, 3.63) is 65.3 Å². The van der Waals surface area contributed by atoms with E-state index in [9.17, 15) is 18.3 Å². The summed E-state index contributed by atoms with van der Waals surface area (Å²) in [5.41, 5.74) is 1.21. The van der Waals surface area contributed by atoms with E-state index in [1.54, 1.807) is 49.1 Å². The number of phenolic OH excluding ortho intramolecular Hbond substituents is 1. The van der Waals surface area contributed by atoms with E-state index in [0.717, 1.165) is 5.56 Å². The lowest BCUT2D eigenvalue weighted by Gasteiger charge is -2.34. The molecule has 0 radical (unpaired) electrons. The Hall–Kier alpha value is -3.44. The number of piperazine rings is 1. The molecular formula is C22H24N4O6S. The molecule has 1 saturated heterocycles. The zero-order chi connectivity index (χ0) is 23.6. The molecule has 1 aliphatic rings. The van der Waals surface area contributed by atoms with Gasteiger partial charge in [-0.05, 0) is 48.9 Å². The van der Waals surface area contributed by atoms with Crippen molar-refractivity contribution in [3.63, 3.8) is 0 Å². The minimum atomic E-state index is -3.85. The molecule has 1 fully saturated rings. The number of sulfonamides is 1. The smallest absolute Gasteiger partial charge is 0.253 e. The van der Waals surface area contributed by atoms with Crippen molar-refractivity contribution in [2.75, 3.05) is 26.2 Å². The molecule has 0 aliphatic carbocycles. The molecule has 2 aromatic carbocycles. The van der Waals surface area contributed by atoms with Crippen LogP contribution in [0.25, 0.3) is 0 Å². The number of aryl methyl sites for hydroxylation is 2. The molecule has 11 heteroatoms. The summed E-state index contributed by atoms with van der Waals surface area (Å²) in [4.78, 5) is 18.4. The number of carbonyl (C=O) groups excluding carboxylic acids is 1. The monoisotopic (exact) mass is 472 g/mol. The molecule has 0 bridgehead atoms. The van der Waals surface area contributed by atoms with E-state index >= 15 is 0 Å². The van der Waals surface area contributed by atoms with Gasteiger partial charge in [-0.15, -0.1) is 0 Å². The van der Waals surface area contributed by atoms with Crippen molar-refractivity contribution >= 4 is 15.9 Å². The third-order valence-corrected chi connectivity index (χ3v) is 7.23. The highest BCUT2D eigenvalue weighted by molar-refractivity contribution is 7.89. The molecule has 1 aliphatic heterocycles. The van der Waals surface area contributed by atoms with Crippen molar-refractivity contribution in [1.82, 2.24) is 19.3 Å². The summed E-state index contributed by atoms with van der Waals surface area (Å²) < 4.78 is 37.7. The van der Waals surface area contributed by atoms with Gasteiger partial charge in [-0.2, -0.15) is 9.29 Å². The van der Waals surface area contributed by atoms with Crippen molar-refractivity contribution in [2.24, 2.45) is 0 Å². The second-order valence-electron chi connectivity index (χ2n) is 7.71. The third-order valence-electron chi connectivity index (χ3n) is 5.30. The van der Waals surface area contributed by atoms with Gasteiger partial charge in [0.15, 0.2) is 6.61 Å². The summed E-state index contributed by atoms with van der Waals surface area (Å²) in [5.74, 6) is 0.974.